The van der Waals surface area contributed by atoms with E-state index in [1.807, 2.05) is 31.2 Å². The van der Waals surface area contributed by atoms with Crippen molar-refractivity contribution in [1.82, 2.24) is 10.6 Å². The van der Waals surface area contributed by atoms with Gasteiger partial charge < -0.3 is 10.6 Å². The molecular weight excluding hydrogens is 272 g/mol. The van der Waals surface area contributed by atoms with Crippen LogP contribution < -0.4 is 10.6 Å². The third kappa shape index (κ3) is 3.74. The molecule has 1 atom stereocenters. The van der Waals surface area contributed by atoms with Crippen LogP contribution in [0.25, 0.3) is 0 Å². The van der Waals surface area contributed by atoms with Gasteiger partial charge in [0.1, 0.15) is 0 Å². The summed E-state index contributed by atoms with van der Waals surface area (Å²) in [6, 6.07) is 7.89. The summed E-state index contributed by atoms with van der Waals surface area (Å²) in [6.45, 7) is 5.93. The fourth-order valence-electron chi connectivity index (χ4n) is 2.65. The molecule has 1 unspecified atom stereocenters. The van der Waals surface area contributed by atoms with Gasteiger partial charge in [-0.25, -0.2) is 0 Å². The third-order valence-electron chi connectivity index (χ3n) is 4.12. The lowest BCUT2D eigenvalue weighted by molar-refractivity contribution is -0.132. The number of nitrogens with one attached hydrogen (secondary N) is 2. The van der Waals surface area contributed by atoms with Gasteiger partial charge in [0, 0.05) is 16.5 Å². The molecule has 1 saturated heterocycles. The van der Waals surface area contributed by atoms with Crippen molar-refractivity contribution in [3.8, 4) is 0 Å². The van der Waals surface area contributed by atoms with Gasteiger partial charge >= 0.3 is 0 Å². The molecule has 0 spiro atoms. The van der Waals surface area contributed by atoms with Crippen LogP contribution in [-0.2, 0) is 11.2 Å². The molecule has 1 amide bonds. The van der Waals surface area contributed by atoms with Gasteiger partial charge in [0.15, 0.2) is 0 Å². The Hall–Kier alpha value is -1.06. The van der Waals surface area contributed by atoms with Crippen LogP contribution in [0.1, 0.15) is 32.3 Å². The van der Waals surface area contributed by atoms with Gasteiger partial charge in [-0.05, 0) is 50.9 Å². The summed E-state index contributed by atoms with van der Waals surface area (Å²) in [5.41, 5.74) is 0.845. The monoisotopic (exact) mass is 294 g/mol. The zero-order chi connectivity index (χ0) is 14.6. The molecule has 20 heavy (non-hydrogen) atoms. The first-order chi connectivity index (χ1) is 9.51. The van der Waals surface area contributed by atoms with Crippen molar-refractivity contribution in [2.24, 2.45) is 5.41 Å². The Kier molecular flexibility index (Phi) is 5.06. The molecule has 0 saturated carbocycles. The highest BCUT2D eigenvalue weighted by Gasteiger charge is 2.34. The van der Waals surface area contributed by atoms with Crippen molar-refractivity contribution >= 4 is 17.5 Å². The molecule has 1 heterocycles. The fourth-order valence-corrected chi connectivity index (χ4v) is 2.86. The number of piperidine rings is 1. The maximum atomic E-state index is 12.4. The molecule has 1 fully saturated rings. The molecule has 1 aromatic rings. The van der Waals surface area contributed by atoms with E-state index >= 15 is 0 Å². The lowest BCUT2D eigenvalue weighted by atomic mass is 9.80. The smallest absolute Gasteiger partial charge is 0.226 e. The first-order valence-electron chi connectivity index (χ1n) is 7.26. The predicted octanol–water partition coefficient (Wildman–Crippen LogP) is 2.78. The molecule has 1 aromatic carbocycles. The molecule has 4 heteroatoms. The lowest BCUT2D eigenvalue weighted by Crippen LogP contribution is -2.48. The summed E-state index contributed by atoms with van der Waals surface area (Å²) in [4.78, 5) is 12.4. The molecule has 110 valence electrons. The van der Waals surface area contributed by atoms with E-state index in [1.165, 1.54) is 0 Å². The van der Waals surface area contributed by atoms with Gasteiger partial charge in [-0.1, -0.05) is 36.7 Å². The van der Waals surface area contributed by atoms with E-state index in [0.29, 0.717) is 0 Å². The highest BCUT2D eigenvalue weighted by molar-refractivity contribution is 6.31. The molecule has 2 N–H and O–H groups in total. The molecule has 0 aromatic heterocycles. The van der Waals surface area contributed by atoms with Crippen LogP contribution in [0, 0.1) is 5.41 Å². The maximum Gasteiger partial charge on any atom is 0.226 e. The van der Waals surface area contributed by atoms with Crippen molar-refractivity contribution < 1.29 is 4.79 Å². The molecule has 1 aliphatic heterocycles. The van der Waals surface area contributed by atoms with Crippen LogP contribution in [0.5, 0.6) is 0 Å². The number of hydrogen-bond donors (Lipinski definition) is 2. The summed E-state index contributed by atoms with van der Waals surface area (Å²) in [5, 5.41) is 7.20. The largest absolute Gasteiger partial charge is 0.353 e. The second kappa shape index (κ2) is 6.59. The van der Waals surface area contributed by atoms with Crippen molar-refractivity contribution in [2.75, 3.05) is 13.1 Å². The molecule has 0 radical (unpaired) electrons. The molecule has 2 rings (SSSR count). The average molecular weight is 295 g/mol. The number of amides is 1. The minimum Gasteiger partial charge on any atom is -0.353 e. The van der Waals surface area contributed by atoms with E-state index < -0.39 is 0 Å². The van der Waals surface area contributed by atoms with E-state index in [1.54, 1.807) is 0 Å². The van der Waals surface area contributed by atoms with Gasteiger partial charge in [0.2, 0.25) is 5.91 Å². The first-order valence-corrected chi connectivity index (χ1v) is 7.64. The van der Waals surface area contributed by atoms with Crippen LogP contribution in [0.3, 0.4) is 0 Å². The average Bonchev–Trinajstić information content (AvgIpc) is 2.42. The second-order valence-corrected chi connectivity index (χ2v) is 6.39. The van der Waals surface area contributed by atoms with E-state index in [9.17, 15) is 4.79 Å². The summed E-state index contributed by atoms with van der Waals surface area (Å²) in [6.07, 6.45) is 2.56. The Bertz CT molecular complexity index is 469. The van der Waals surface area contributed by atoms with Crippen LogP contribution in [-0.4, -0.2) is 25.0 Å². The van der Waals surface area contributed by atoms with E-state index in [-0.39, 0.29) is 17.4 Å². The Morgan fingerprint density at radius 3 is 2.70 bits per heavy atom. The lowest BCUT2D eigenvalue weighted by Gasteiger charge is -2.33. The van der Waals surface area contributed by atoms with Crippen LogP contribution in [0.4, 0.5) is 0 Å². The fraction of sp³-hybridized carbons (Fsp3) is 0.562. The quantitative estimate of drug-likeness (QED) is 0.896. The number of rotatable bonds is 4. The number of benzene rings is 1. The zero-order valence-electron chi connectivity index (χ0n) is 12.2. The Morgan fingerprint density at radius 1 is 1.40 bits per heavy atom. The van der Waals surface area contributed by atoms with E-state index in [2.05, 4.69) is 17.6 Å². The second-order valence-electron chi connectivity index (χ2n) is 5.98. The third-order valence-corrected chi connectivity index (χ3v) is 4.49. The van der Waals surface area contributed by atoms with Crippen LogP contribution >= 0.6 is 11.6 Å². The normalized spacial score (nSPS) is 19.4. The van der Waals surface area contributed by atoms with Crippen molar-refractivity contribution in [1.29, 1.82) is 0 Å². The van der Waals surface area contributed by atoms with Gasteiger partial charge in [-0.15, -0.1) is 0 Å². The SMILES string of the molecule is CC(Cc1ccccc1Cl)NC(=O)C1(C)CCNCC1. The Balaban J connectivity index is 1.92. The summed E-state index contributed by atoms with van der Waals surface area (Å²) in [5.74, 6) is 0.165. The summed E-state index contributed by atoms with van der Waals surface area (Å²) < 4.78 is 0. The zero-order valence-corrected chi connectivity index (χ0v) is 13.0. The first kappa shape index (κ1) is 15.3. The number of carbonyl (C=O) groups is 1. The highest BCUT2D eigenvalue weighted by Crippen LogP contribution is 2.28. The molecule has 3 nitrogen and oxygen atoms in total. The van der Waals surface area contributed by atoms with Crippen molar-refractivity contribution in [3.05, 3.63) is 34.9 Å². The minimum absolute atomic E-state index is 0.0918. The molecule has 0 aliphatic carbocycles. The van der Waals surface area contributed by atoms with Gasteiger partial charge in [0.05, 0.1) is 0 Å². The number of carbonyl (C=O) groups excluding carboxylic acids is 1. The van der Waals surface area contributed by atoms with Crippen molar-refractivity contribution in [2.45, 2.75) is 39.2 Å². The highest BCUT2D eigenvalue weighted by atomic mass is 35.5. The summed E-state index contributed by atoms with van der Waals surface area (Å²) >= 11 is 6.16. The maximum absolute atomic E-state index is 12.4. The summed E-state index contributed by atoms with van der Waals surface area (Å²) in [7, 11) is 0. The number of halogens is 1. The minimum atomic E-state index is -0.236. The van der Waals surface area contributed by atoms with Crippen LogP contribution in [0.15, 0.2) is 24.3 Å². The van der Waals surface area contributed by atoms with Gasteiger partial charge in [0.25, 0.3) is 0 Å². The molecule has 1 aliphatic rings. The Labute approximate surface area is 126 Å². The van der Waals surface area contributed by atoms with E-state index in [0.717, 1.165) is 42.9 Å². The molecular formula is C16H23ClN2O. The Morgan fingerprint density at radius 2 is 2.05 bits per heavy atom. The van der Waals surface area contributed by atoms with Gasteiger partial charge in [-0.2, -0.15) is 0 Å². The topological polar surface area (TPSA) is 41.1 Å². The number of hydrogen-bond acceptors (Lipinski definition) is 2. The van der Waals surface area contributed by atoms with Gasteiger partial charge in [-0.3, -0.25) is 4.79 Å². The standard InChI is InChI=1S/C16H23ClN2O/c1-12(11-13-5-3-4-6-14(13)17)19-15(20)16(2)7-9-18-10-8-16/h3-6,12,18H,7-11H2,1-2H3,(H,19,20). The van der Waals surface area contributed by atoms with Crippen LogP contribution in [0.2, 0.25) is 5.02 Å². The van der Waals surface area contributed by atoms with E-state index in [4.69, 9.17) is 11.6 Å². The molecule has 0 bridgehead atoms. The van der Waals surface area contributed by atoms with Crippen molar-refractivity contribution in [3.63, 3.8) is 0 Å². The predicted molar refractivity (Wildman–Crippen MR) is 83.0 cm³/mol.